The van der Waals surface area contributed by atoms with E-state index in [0.717, 1.165) is 18.6 Å². The van der Waals surface area contributed by atoms with Gasteiger partial charge in [-0.3, -0.25) is 4.79 Å². The molecule has 7 nitrogen and oxygen atoms in total. The Morgan fingerprint density at radius 2 is 2.14 bits per heavy atom. The molecule has 2 rings (SSSR count). The van der Waals surface area contributed by atoms with Gasteiger partial charge in [0.15, 0.2) is 5.82 Å². The predicted octanol–water partition coefficient (Wildman–Crippen LogP) is 1.87. The lowest BCUT2D eigenvalue weighted by atomic mass is 10.2. The molecule has 0 aliphatic carbocycles. The standard InChI is InChI=1S/C14H19N5O2/c1-3-4-9-21-12-7-5-11(6-8-12)14(20)15-10(2)13-16-18-19-17-13/h5-8,10H,3-4,9H2,1-2H3,(H,15,20)(H,16,17,18,19). The van der Waals surface area contributed by atoms with Crippen molar-refractivity contribution in [2.75, 3.05) is 6.61 Å². The van der Waals surface area contributed by atoms with Gasteiger partial charge in [-0.15, -0.1) is 10.2 Å². The van der Waals surface area contributed by atoms with Gasteiger partial charge in [0.05, 0.1) is 12.6 Å². The molecule has 7 heteroatoms. The van der Waals surface area contributed by atoms with Gasteiger partial charge in [0.2, 0.25) is 0 Å². The number of unbranched alkanes of at least 4 members (excludes halogenated alkanes) is 1. The van der Waals surface area contributed by atoms with E-state index in [-0.39, 0.29) is 11.9 Å². The summed E-state index contributed by atoms with van der Waals surface area (Å²) in [7, 11) is 0. The van der Waals surface area contributed by atoms with Crippen molar-refractivity contribution in [3.05, 3.63) is 35.7 Å². The van der Waals surface area contributed by atoms with Crippen LogP contribution in [0.25, 0.3) is 0 Å². The molecule has 0 radical (unpaired) electrons. The number of rotatable bonds is 7. The first-order valence-corrected chi connectivity index (χ1v) is 6.97. The number of benzene rings is 1. The van der Waals surface area contributed by atoms with Crippen LogP contribution in [0, 0.1) is 0 Å². The van der Waals surface area contributed by atoms with Crippen LogP contribution in [0.2, 0.25) is 0 Å². The van der Waals surface area contributed by atoms with Gasteiger partial charge >= 0.3 is 0 Å². The number of hydrogen-bond donors (Lipinski definition) is 2. The molecule has 1 atom stereocenters. The first-order chi connectivity index (χ1) is 10.2. The van der Waals surface area contributed by atoms with Crippen molar-refractivity contribution in [3.63, 3.8) is 0 Å². The number of H-pyrrole nitrogens is 1. The number of ether oxygens (including phenoxy) is 1. The lowest BCUT2D eigenvalue weighted by molar-refractivity contribution is 0.0938. The molecule has 21 heavy (non-hydrogen) atoms. The Kier molecular flexibility index (Phi) is 5.25. The summed E-state index contributed by atoms with van der Waals surface area (Å²) in [4.78, 5) is 12.1. The monoisotopic (exact) mass is 289 g/mol. The van der Waals surface area contributed by atoms with Crippen LogP contribution < -0.4 is 10.1 Å². The number of carbonyl (C=O) groups excluding carboxylic acids is 1. The van der Waals surface area contributed by atoms with E-state index < -0.39 is 0 Å². The number of nitrogens with zero attached hydrogens (tertiary/aromatic N) is 3. The van der Waals surface area contributed by atoms with Crippen molar-refractivity contribution in [1.29, 1.82) is 0 Å². The minimum atomic E-state index is -0.309. The molecule has 0 aliphatic heterocycles. The van der Waals surface area contributed by atoms with E-state index in [2.05, 4.69) is 32.9 Å². The average molecular weight is 289 g/mol. The SMILES string of the molecule is CCCCOc1ccc(C(=O)NC(C)c2nn[nH]n2)cc1. The van der Waals surface area contributed by atoms with Crippen LogP contribution in [-0.2, 0) is 0 Å². The summed E-state index contributed by atoms with van der Waals surface area (Å²) >= 11 is 0. The van der Waals surface area contributed by atoms with Gasteiger partial charge in [0.1, 0.15) is 5.75 Å². The molecule has 0 bridgehead atoms. The fraction of sp³-hybridized carbons (Fsp3) is 0.429. The Morgan fingerprint density at radius 1 is 1.38 bits per heavy atom. The molecular formula is C14H19N5O2. The van der Waals surface area contributed by atoms with Gasteiger partial charge in [-0.25, -0.2) is 0 Å². The molecule has 112 valence electrons. The molecule has 1 unspecified atom stereocenters. The highest BCUT2D eigenvalue weighted by Crippen LogP contribution is 2.14. The number of hydrogen-bond acceptors (Lipinski definition) is 5. The van der Waals surface area contributed by atoms with E-state index in [1.165, 1.54) is 0 Å². The van der Waals surface area contributed by atoms with Crippen LogP contribution in [0.5, 0.6) is 5.75 Å². The van der Waals surface area contributed by atoms with Crippen molar-refractivity contribution < 1.29 is 9.53 Å². The minimum Gasteiger partial charge on any atom is -0.494 e. The van der Waals surface area contributed by atoms with Gasteiger partial charge in [0, 0.05) is 5.56 Å². The van der Waals surface area contributed by atoms with Crippen LogP contribution >= 0.6 is 0 Å². The average Bonchev–Trinajstić information content (AvgIpc) is 3.02. The number of nitrogens with one attached hydrogen (secondary N) is 2. The molecular weight excluding hydrogens is 270 g/mol. The second-order valence-electron chi connectivity index (χ2n) is 4.69. The summed E-state index contributed by atoms with van der Waals surface area (Å²) in [5.41, 5.74) is 0.563. The van der Waals surface area contributed by atoms with Crippen LogP contribution in [-0.4, -0.2) is 33.1 Å². The Hall–Kier alpha value is -2.44. The van der Waals surface area contributed by atoms with Gasteiger partial charge in [0.25, 0.3) is 5.91 Å². The third-order valence-corrected chi connectivity index (χ3v) is 2.98. The summed E-state index contributed by atoms with van der Waals surface area (Å²) in [6, 6.07) is 6.75. The third-order valence-electron chi connectivity index (χ3n) is 2.98. The second-order valence-corrected chi connectivity index (χ2v) is 4.69. The molecule has 2 aromatic rings. The lowest BCUT2D eigenvalue weighted by Crippen LogP contribution is -2.27. The summed E-state index contributed by atoms with van der Waals surface area (Å²) in [5, 5.41) is 16.3. The second kappa shape index (κ2) is 7.37. The molecule has 0 saturated carbocycles. The van der Waals surface area contributed by atoms with Crippen LogP contribution in [0.3, 0.4) is 0 Å². The highest BCUT2D eigenvalue weighted by molar-refractivity contribution is 5.94. The number of aromatic amines is 1. The van der Waals surface area contributed by atoms with E-state index in [0.29, 0.717) is 18.0 Å². The Morgan fingerprint density at radius 3 is 2.76 bits per heavy atom. The molecule has 0 fully saturated rings. The first kappa shape index (κ1) is 15.0. The number of carbonyl (C=O) groups is 1. The number of tetrazole rings is 1. The number of aromatic nitrogens is 4. The van der Waals surface area contributed by atoms with Crippen molar-refractivity contribution in [3.8, 4) is 5.75 Å². The van der Waals surface area contributed by atoms with Gasteiger partial charge < -0.3 is 10.1 Å². The molecule has 0 aliphatic rings. The van der Waals surface area contributed by atoms with E-state index in [4.69, 9.17) is 4.74 Å². The minimum absolute atomic E-state index is 0.188. The Bertz CT molecular complexity index is 553. The highest BCUT2D eigenvalue weighted by Gasteiger charge is 2.14. The normalized spacial score (nSPS) is 11.9. The van der Waals surface area contributed by atoms with Crippen molar-refractivity contribution in [2.24, 2.45) is 0 Å². The first-order valence-electron chi connectivity index (χ1n) is 6.97. The smallest absolute Gasteiger partial charge is 0.251 e. The highest BCUT2D eigenvalue weighted by atomic mass is 16.5. The van der Waals surface area contributed by atoms with E-state index in [1.807, 2.05) is 0 Å². The summed E-state index contributed by atoms with van der Waals surface area (Å²) < 4.78 is 5.56. The zero-order valence-electron chi connectivity index (χ0n) is 12.2. The summed E-state index contributed by atoms with van der Waals surface area (Å²) in [6.45, 7) is 4.60. The molecule has 1 aromatic heterocycles. The molecule has 1 aromatic carbocycles. The lowest BCUT2D eigenvalue weighted by Gasteiger charge is -2.10. The zero-order valence-corrected chi connectivity index (χ0v) is 12.2. The maximum atomic E-state index is 12.1. The van der Waals surface area contributed by atoms with Gasteiger partial charge in [-0.1, -0.05) is 18.6 Å². The fourth-order valence-electron chi connectivity index (χ4n) is 1.73. The summed E-state index contributed by atoms with van der Waals surface area (Å²) in [5.74, 6) is 1.03. The van der Waals surface area contributed by atoms with Crippen LogP contribution in [0.15, 0.2) is 24.3 Å². The summed E-state index contributed by atoms with van der Waals surface area (Å²) in [6.07, 6.45) is 2.11. The van der Waals surface area contributed by atoms with Crippen molar-refractivity contribution in [1.82, 2.24) is 25.9 Å². The van der Waals surface area contributed by atoms with Gasteiger partial charge in [-0.05, 0) is 37.6 Å². The predicted molar refractivity (Wildman–Crippen MR) is 76.9 cm³/mol. The molecule has 0 spiro atoms. The maximum absolute atomic E-state index is 12.1. The largest absolute Gasteiger partial charge is 0.494 e. The third kappa shape index (κ3) is 4.27. The fourth-order valence-corrected chi connectivity index (χ4v) is 1.73. The van der Waals surface area contributed by atoms with E-state index >= 15 is 0 Å². The van der Waals surface area contributed by atoms with Crippen molar-refractivity contribution in [2.45, 2.75) is 32.7 Å². The van der Waals surface area contributed by atoms with Crippen LogP contribution in [0.4, 0.5) is 0 Å². The van der Waals surface area contributed by atoms with Gasteiger partial charge in [-0.2, -0.15) is 5.21 Å². The maximum Gasteiger partial charge on any atom is 0.251 e. The Labute approximate surface area is 123 Å². The molecule has 1 heterocycles. The van der Waals surface area contributed by atoms with E-state index in [9.17, 15) is 4.79 Å². The molecule has 2 N–H and O–H groups in total. The quantitative estimate of drug-likeness (QED) is 0.759. The van der Waals surface area contributed by atoms with Crippen molar-refractivity contribution >= 4 is 5.91 Å². The topological polar surface area (TPSA) is 92.8 Å². The molecule has 0 saturated heterocycles. The van der Waals surface area contributed by atoms with Crippen LogP contribution in [0.1, 0.15) is 48.9 Å². The molecule has 1 amide bonds. The number of amides is 1. The zero-order chi connectivity index (χ0) is 15.1. The van der Waals surface area contributed by atoms with E-state index in [1.54, 1.807) is 31.2 Å². The Balaban J connectivity index is 1.90.